The lowest BCUT2D eigenvalue weighted by molar-refractivity contribution is 0.199. The van der Waals surface area contributed by atoms with Crippen LogP contribution < -0.4 is 4.90 Å². The molecule has 3 heteroatoms. The monoisotopic (exact) mass is 263 g/mol. The molecule has 0 spiro atoms. The van der Waals surface area contributed by atoms with E-state index in [0.29, 0.717) is 6.04 Å². The molecule has 0 heterocycles. The van der Waals surface area contributed by atoms with Gasteiger partial charge in [-0.25, -0.2) is 0 Å². The minimum absolute atomic E-state index is 0.401. The standard InChI is InChI=1S/C16H25NO2/c1-12(14-4-5-14)17(10-11-19-3)16-8-6-15(7-9-16)13(2)18/h6-9,12-14,18H,4-5,10-11H2,1-3H3/t12?,13-/m0/s1. The third-order valence-corrected chi connectivity index (χ3v) is 4.04. The molecule has 2 atom stereocenters. The second kappa shape index (κ2) is 6.40. The Kier molecular flexibility index (Phi) is 4.83. The van der Waals surface area contributed by atoms with Crippen molar-refractivity contribution in [1.82, 2.24) is 0 Å². The summed E-state index contributed by atoms with van der Waals surface area (Å²) in [6, 6.07) is 8.80. The van der Waals surface area contributed by atoms with Crippen LogP contribution in [0.25, 0.3) is 0 Å². The number of benzene rings is 1. The molecule has 1 aromatic rings. The van der Waals surface area contributed by atoms with E-state index in [0.717, 1.165) is 24.6 Å². The summed E-state index contributed by atoms with van der Waals surface area (Å²) in [7, 11) is 1.75. The quantitative estimate of drug-likeness (QED) is 0.821. The first kappa shape index (κ1) is 14.4. The Morgan fingerprint density at radius 3 is 2.37 bits per heavy atom. The molecular weight excluding hydrogens is 238 g/mol. The largest absolute Gasteiger partial charge is 0.389 e. The highest BCUT2D eigenvalue weighted by molar-refractivity contribution is 5.49. The lowest BCUT2D eigenvalue weighted by Crippen LogP contribution is -2.37. The highest BCUT2D eigenvalue weighted by Gasteiger charge is 2.32. The van der Waals surface area contributed by atoms with Gasteiger partial charge in [-0.2, -0.15) is 0 Å². The summed E-state index contributed by atoms with van der Waals surface area (Å²) in [5.41, 5.74) is 2.19. The van der Waals surface area contributed by atoms with Crippen LogP contribution in [0.1, 0.15) is 38.4 Å². The van der Waals surface area contributed by atoms with Crippen molar-refractivity contribution >= 4 is 5.69 Å². The van der Waals surface area contributed by atoms with Crippen LogP contribution in [0, 0.1) is 5.92 Å². The smallest absolute Gasteiger partial charge is 0.0761 e. The summed E-state index contributed by atoms with van der Waals surface area (Å²) in [5, 5.41) is 9.57. The lowest BCUT2D eigenvalue weighted by atomic mass is 10.1. The van der Waals surface area contributed by atoms with E-state index < -0.39 is 6.10 Å². The normalized spacial score (nSPS) is 18.1. The van der Waals surface area contributed by atoms with Gasteiger partial charge in [0, 0.05) is 25.4 Å². The first-order valence-corrected chi connectivity index (χ1v) is 7.17. The number of rotatable bonds is 7. The maximum atomic E-state index is 9.57. The Labute approximate surface area is 116 Å². The van der Waals surface area contributed by atoms with Gasteiger partial charge in [0.05, 0.1) is 12.7 Å². The molecule has 1 fully saturated rings. The number of aliphatic hydroxyl groups excluding tert-OH is 1. The molecule has 1 saturated carbocycles. The van der Waals surface area contributed by atoms with Gasteiger partial charge < -0.3 is 14.7 Å². The number of aliphatic hydroxyl groups is 1. The fourth-order valence-electron chi connectivity index (χ4n) is 2.53. The molecule has 1 N–H and O–H groups in total. The second-order valence-corrected chi connectivity index (χ2v) is 5.53. The van der Waals surface area contributed by atoms with Crippen molar-refractivity contribution in [2.75, 3.05) is 25.2 Å². The number of nitrogens with zero attached hydrogens (tertiary/aromatic N) is 1. The molecule has 19 heavy (non-hydrogen) atoms. The van der Waals surface area contributed by atoms with Gasteiger partial charge in [-0.05, 0) is 50.3 Å². The molecule has 0 saturated heterocycles. The number of anilines is 1. The predicted molar refractivity (Wildman–Crippen MR) is 78.5 cm³/mol. The van der Waals surface area contributed by atoms with E-state index in [1.54, 1.807) is 14.0 Å². The number of hydrogen-bond donors (Lipinski definition) is 1. The molecule has 0 amide bonds. The first-order chi connectivity index (χ1) is 9.13. The van der Waals surface area contributed by atoms with E-state index in [-0.39, 0.29) is 0 Å². The summed E-state index contributed by atoms with van der Waals surface area (Å²) in [6.45, 7) is 5.76. The van der Waals surface area contributed by atoms with Crippen molar-refractivity contribution in [3.8, 4) is 0 Å². The average Bonchev–Trinajstić information content (AvgIpc) is 3.23. The summed E-state index contributed by atoms with van der Waals surface area (Å²) < 4.78 is 5.22. The minimum Gasteiger partial charge on any atom is -0.389 e. The molecule has 0 aromatic heterocycles. The molecule has 1 aliphatic rings. The molecule has 0 aliphatic heterocycles. The van der Waals surface area contributed by atoms with Crippen molar-refractivity contribution in [2.24, 2.45) is 5.92 Å². The van der Waals surface area contributed by atoms with Crippen molar-refractivity contribution in [3.05, 3.63) is 29.8 Å². The van der Waals surface area contributed by atoms with Crippen LogP contribution in [0.3, 0.4) is 0 Å². The van der Waals surface area contributed by atoms with E-state index in [1.165, 1.54) is 18.5 Å². The summed E-state index contributed by atoms with van der Waals surface area (Å²) in [6.07, 6.45) is 2.29. The molecule has 106 valence electrons. The average molecular weight is 263 g/mol. The lowest BCUT2D eigenvalue weighted by Gasteiger charge is -2.31. The topological polar surface area (TPSA) is 32.7 Å². The third-order valence-electron chi connectivity index (χ3n) is 4.04. The molecular formula is C16H25NO2. The molecule has 0 radical (unpaired) electrons. The van der Waals surface area contributed by atoms with Crippen molar-refractivity contribution in [2.45, 2.75) is 38.8 Å². The van der Waals surface area contributed by atoms with Gasteiger partial charge in [0.25, 0.3) is 0 Å². The number of hydrogen-bond acceptors (Lipinski definition) is 3. The summed E-state index contributed by atoms with van der Waals surface area (Å²) in [5.74, 6) is 0.827. The zero-order valence-corrected chi connectivity index (χ0v) is 12.2. The van der Waals surface area contributed by atoms with E-state index in [1.807, 2.05) is 12.1 Å². The predicted octanol–water partition coefficient (Wildman–Crippen LogP) is 2.99. The van der Waals surface area contributed by atoms with Gasteiger partial charge in [-0.15, -0.1) is 0 Å². The number of methoxy groups -OCH3 is 1. The van der Waals surface area contributed by atoms with Crippen LogP contribution in [0.15, 0.2) is 24.3 Å². The first-order valence-electron chi connectivity index (χ1n) is 7.17. The van der Waals surface area contributed by atoms with Crippen molar-refractivity contribution in [1.29, 1.82) is 0 Å². The van der Waals surface area contributed by atoms with Crippen LogP contribution in [0.2, 0.25) is 0 Å². The SMILES string of the molecule is COCCN(c1ccc([C@H](C)O)cc1)C(C)C1CC1. The molecule has 3 nitrogen and oxygen atoms in total. The second-order valence-electron chi connectivity index (χ2n) is 5.53. The van der Waals surface area contributed by atoms with Crippen molar-refractivity contribution in [3.63, 3.8) is 0 Å². The van der Waals surface area contributed by atoms with Gasteiger partial charge in [0.15, 0.2) is 0 Å². The highest BCUT2D eigenvalue weighted by atomic mass is 16.5. The zero-order valence-electron chi connectivity index (χ0n) is 12.2. The Balaban J connectivity index is 2.11. The van der Waals surface area contributed by atoms with Crippen LogP contribution in [0.4, 0.5) is 5.69 Å². The van der Waals surface area contributed by atoms with Crippen LogP contribution >= 0.6 is 0 Å². The Hall–Kier alpha value is -1.06. The van der Waals surface area contributed by atoms with Crippen LogP contribution in [0.5, 0.6) is 0 Å². The Bertz CT molecular complexity index is 384. The highest BCUT2D eigenvalue weighted by Crippen LogP contribution is 2.37. The van der Waals surface area contributed by atoms with Gasteiger partial charge in [0.2, 0.25) is 0 Å². The summed E-state index contributed by atoms with van der Waals surface area (Å²) in [4.78, 5) is 2.42. The molecule has 1 aliphatic carbocycles. The maximum Gasteiger partial charge on any atom is 0.0761 e. The minimum atomic E-state index is -0.401. The molecule has 0 bridgehead atoms. The zero-order chi connectivity index (χ0) is 13.8. The molecule has 1 unspecified atom stereocenters. The Morgan fingerprint density at radius 1 is 1.26 bits per heavy atom. The van der Waals surface area contributed by atoms with Gasteiger partial charge in [-0.1, -0.05) is 12.1 Å². The fourth-order valence-corrected chi connectivity index (χ4v) is 2.53. The van der Waals surface area contributed by atoms with Crippen LogP contribution in [-0.4, -0.2) is 31.4 Å². The van der Waals surface area contributed by atoms with Crippen molar-refractivity contribution < 1.29 is 9.84 Å². The van der Waals surface area contributed by atoms with E-state index >= 15 is 0 Å². The summed E-state index contributed by atoms with van der Waals surface area (Å²) >= 11 is 0. The van der Waals surface area contributed by atoms with Gasteiger partial charge >= 0.3 is 0 Å². The van der Waals surface area contributed by atoms with Gasteiger partial charge in [0.1, 0.15) is 0 Å². The number of ether oxygens (including phenoxy) is 1. The molecule has 2 rings (SSSR count). The Morgan fingerprint density at radius 2 is 1.89 bits per heavy atom. The van der Waals surface area contributed by atoms with E-state index in [4.69, 9.17) is 4.74 Å². The maximum absolute atomic E-state index is 9.57. The fraction of sp³-hybridized carbons (Fsp3) is 0.625. The molecule has 1 aromatic carbocycles. The third kappa shape index (κ3) is 3.71. The van der Waals surface area contributed by atoms with E-state index in [9.17, 15) is 5.11 Å². The van der Waals surface area contributed by atoms with Crippen LogP contribution in [-0.2, 0) is 4.74 Å². The van der Waals surface area contributed by atoms with Gasteiger partial charge in [-0.3, -0.25) is 0 Å². The van der Waals surface area contributed by atoms with E-state index in [2.05, 4.69) is 24.0 Å².